The van der Waals surface area contributed by atoms with Gasteiger partial charge in [-0.2, -0.15) is 4.98 Å². The lowest BCUT2D eigenvalue weighted by Gasteiger charge is -2.22. The van der Waals surface area contributed by atoms with E-state index in [9.17, 15) is 8.42 Å². The standard InChI is InChI=1S/C18H18N4O3S/c1-12-9-14-10-15(26(19,23)24)7-8-16(14)22(12)11-17-20-18(21-25-17)13-5-3-2-4-6-13/h2-8,10,12H,9,11H2,1H3,(H2,19,23,24)/t12-/m1/s1. The van der Waals surface area contributed by atoms with Crippen molar-refractivity contribution in [3.05, 3.63) is 60.0 Å². The molecule has 0 aliphatic carbocycles. The molecule has 1 aromatic heterocycles. The van der Waals surface area contributed by atoms with Gasteiger partial charge in [0.1, 0.15) is 0 Å². The highest BCUT2D eigenvalue weighted by Gasteiger charge is 2.28. The molecule has 0 saturated carbocycles. The molecule has 1 aliphatic heterocycles. The first-order valence-corrected chi connectivity index (χ1v) is 9.77. The zero-order valence-corrected chi connectivity index (χ0v) is 15.0. The first-order valence-electron chi connectivity index (χ1n) is 8.22. The molecule has 0 unspecified atom stereocenters. The molecule has 7 nitrogen and oxygen atoms in total. The van der Waals surface area contributed by atoms with Gasteiger partial charge in [0, 0.05) is 17.3 Å². The third-order valence-corrected chi connectivity index (χ3v) is 5.45. The van der Waals surface area contributed by atoms with Crippen LogP contribution in [0.2, 0.25) is 0 Å². The van der Waals surface area contributed by atoms with E-state index in [-0.39, 0.29) is 10.9 Å². The molecule has 0 saturated heterocycles. The number of fused-ring (bicyclic) bond motifs is 1. The van der Waals surface area contributed by atoms with Crippen LogP contribution in [0.1, 0.15) is 18.4 Å². The van der Waals surface area contributed by atoms with E-state index in [1.165, 1.54) is 6.07 Å². The van der Waals surface area contributed by atoms with E-state index in [2.05, 4.69) is 22.0 Å². The van der Waals surface area contributed by atoms with Crippen LogP contribution < -0.4 is 10.0 Å². The maximum atomic E-state index is 11.6. The van der Waals surface area contributed by atoms with Crippen LogP contribution in [0, 0.1) is 0 Å². The van der Waals surface area contributed by atoms with Gasteiger partial charge in [-0.1, -0.05) is 35.5 Å². The number of hydrogen-bond acceptors (Lipinski definition) is 6. The number of benzene rings is 2. The largest absolute Gasteiger partial charge is 0.359 e. The minimum absolute atomic E-state index is 0.134. The average Bonchev–Trinajstić information content (AvgIpc) is 3.20. The number of hydrogen-bond donors (Lipinski definition) is 1. The van der Waals surface area contributed by atoms with Crippen molar-refractivity contribution in [2.75, 3.05) is 4.90 Å². The zero-order valence-electron chi connectivity index (χ0n) is 14.2. The fourth-order valence-electron chi connectivity index (χ4n) is 3.26. The first-order chi connectivity index (χ1) is 12.4. The summed E-state index contributed by atoms with van der Waals surface area (Å²) in [5.74, 6) is 1.07. The van der Waals surface area contributed by atoms with E-state index >= 15 is 0 Å². The summed E-state index contributed by atoms with van der Waals surface area (Å²) in [4.78, 5) is 6.74. The maximum Gasteiger partial charge on any atom is 0.246 e. The first kappa shape index (κ1) is 16.7. The number of nitrogens with two attached hydrogens (primary N) is 1. The number of rotatable bonds is 4. The van der Waals surface area contributed by atoms with E-state index < -0.39 is 10.0 Å². The lowest BCUT2D eigenvalue weighted by Crippen LogP contribution is -2.28. The minimum atomic E-state index is -3.70. The lowest BCUT2D eigenvalue weighted by atomic mass is 10.1. The lowest BCUT2D eigenvalue weighted by molar-refractivity contribution is 0.374. The zero-order chi connectivity index (χ0) is 18.3. The monoisotopic (exact) mass is 370 g/mol. The average molecular weight is 370 g/mol. The molecule has 2 N–H and O–H groups in total. The van der Waals surface area contributed by atoms with Crippen molar-refractivity contribution in [3.63, 3.8) is 0 Å². The molecule has 0 radical (unpaired) electrons. The van der Waals surface area contributed by atoms with Crippen molar-refractivity contribution in [1.29, 1.82) is 0 Å². The second-order valence-electron chi connectivity index (χ2n) is 6.39. The summed E-state index contributed by atoms with van der Waals surface area (Å²) in [7, 11) is -3.70. The quantitative estimate of drug-likeness (QED) is 0.756. The predicted molar refractivity (Wildman–Crippen MR) is 96.9 cm³/mol. The highest BCUT2D eigenvalue weighted by molar-refractivity contribution is 7.89. The number of primary sulfonamides is 1. The smallest absolute Gasteiger partial charge is 0.246 e. The van der Waals surface area contributed by atoms with Crippen molar-refractivity contribution in [2.24, 2.45) is 5.14 Å². The van der Waals surface area contributed by atoms with Crippen LogP contribution in [-0.2, 0) is 23.0 Å². The van der Waals surface area contributed by atoms with Crippen molar-refractivity contribution in [1.82, 2.24) is 10.1 Å². The van der Waals surface area contributed by atoms with Crippen molar-refractivity contribution in [2.45, 2.75) is 30.8 Å². The van der Waals surface area contributed by atoms with Crippen LogP contribution in [-0.4, -0.2) is 24.6 Å². The van der Waals surface area contributed by atoms with E-state index in [0.717, 1.165) is 23.2 Å². The minimum Gasteiger partial charge on any atom is -0.359 e. The van der Waals surface area contributed by atoms with Crippen molar-refractivity contribution < 1.29 is 12.9 Å². The van der Waals surface area contributed by atoms with Crippen LogP contribution >= 0.6 is 0 Å². The second-order valence-corrected chi connectivity index (χ2v) is 7.96. The molecule has 2 heterocycles. The van der Waals surface area contributed by atoms with Gasteiger partial charge in [0.15, 0.2) is 0 Å². The van der Waals surface area contributed by atoms with Gasteiger partial charge >= 0.3 is 0 Å². The Balaban J connectivity index is 1.60. The third-order valence-electron chi connectivity index (χ3n) is 4.54. The normalized spacial score (nSPS) is 16.7. The SMILES string of the molecule is C[C@@H]1Cc2cc(S(N)(=O)=O)ccc2N1Cc1nc(-c2ccccc2)no1. The molecule has 134 valence electrons. The molecule has 0 bridgehead atoms. The molecule has 4 rings (SSSR count). The van der Waals surface area contributed by atoms with Gasteiger partial charge in [0.05, 0.1) is 11.4 Å². The van der Waals surface area contributed by atoms with Gasteiger partial charge in [-0.05, 0) is 37.1 Å². The van der Waals surface area contributed by atoms with Gasteiger partial charge in [-0.25, -0.2) is 13.6 Å². The van der Waals surface area contributed by atoms with Gasteiger partial charge in [-0.3, -0.25) is 0 Å². The molecule has 2 aromatic carbocycles. The Morgan fingerprint density at radius 2 is 2.00 bits per heavy atom. The Labute approximate surface area is 151 Å². The highest BCUT2D eigenvalue weighted by atomic mass is 32.2. The third kappa shape index (κ3) is 3.09. The molecular formula is C18H18N4O3S. The molecule has 3 aromatic rings. The Kier molecular flexibility index (Phi) is 4.01. The van der Waals surface area contributed by atoms with Crippen molar-refractivity contribution >= 4 is 15.7 Å². The van der Waals surface area contributed by atoms with Crippen LogP contribution in [0.3, 0.4) is 0 Å². The molecule has 1 aliphatic rings. The van der Waals surface area contributed by atoms with E-state index in [0.29, 0.717) is 18.3 Å². The molecule has 0 amide bonds. The highest BCUT2D eigenvalue weighted by Crippen LogP contribution is 2.34. The fraction of sp³-hybridized carbons (Fsp3) is 0.222. The van der Waals surface area contributed by atoms with Crippen LogP contribution in [0.4, 0.5) is 5.69 Å². The Bertz CT molecular complexity index is 1050. The van der Waals surface area contributed by atoms with Crippen LogP contribution in [0.5, 0.6) is 0 Å². The molecule has 1 atom stereocenters. The second kappa shape index (κ2) is 6.22. The van der Waals surface area contributed by atoms with E-state index in [4.69, 9.17) is 9.66 Å². The Morgan fingerprint density at radius 3 is 2.73 bits per heavy atom. The van der Waals surface area contributed by atoms with E-state index in [1.54, 1.807) is 12.1 Å². The number of aromatic nitrogens is 2. The Hall–Kier alpha value is -2.71. The van der Waals surface area contributed by atoms with Crippen LogP contribution in [0.15, 0.2) is 57.9 Å². The topological polar surface area (TPSA) is 102 Å². The van der Waals surface area contributed by atoms with Crippen LogP contribution in [0.25, 0.3) is 11.4 Å². The van der Waals surface area contributed by atoms with Gasteiger partial charge < -0.3 is 9.42 Å². The molecule has 26 heavy (non-hydrogen) atoms. The van der Waals surface area contributed by atoms with Gasteiger partial charge in [0.25, 0.3) is 0 Å². The molecule has 0 spiro atoms. The molecule has 0 fully saturated rings. The summed E-state index contributed by atoms with van der Waals surface area (Å²) < 4.78 is 28.5. The maximum absolute atomic E-state index is 11.6. The van der Waals surface area contributed by atoms with Crippen molar-refractivity contribution in [3.8, 4) is 11.4 Å². The molecule has 8 heteroatoms. The Morgan fingerprint density at radius 1 is 1.23 bits per heavy atom. The molecular weight excluding hydrogens is 352 g/mol. The summed E-state index contributed by atoms with van der Waals surface area (Å²) in [6.45, 7) is 2.54. The van der Waals surface area contributed by atoms with E-state index in [1.807, 2.05) is 30.3 Å². The number of nitrogens with zero attached hydrogens (tertiary/aromatic N) is 3. The predicted octanol–water partition coefficient (Wildman–Crippen LogP) is 2.34. The summed E-state index contributed by atoms with van der Waals surface area (Å²) in [5.41, 5.74) is 2.81. The number of sulfonamides is 1. The van der Waals surface area contributed by atoms with Gasteiger partial charge in [0.2, 0.25) is 21.7 Å². The summed E-state index contributed by atoms with van der Waals surface area (Å²) in [5, 5.41) is 9.27. The summed E-state index contributed by atoms with van der Waals surface area (Å²) >= 11 is 0. The summed E-state index contributed by atoms with van der Waals surface area (Å²) in [6.07, 6.45) is 0.734. The summed E-state index contributed by atoms with van der Waals surface area (Å²) in [6, 6.07) is 14.8. The fourth-order valence-corrected chi connectivity index (χ4v) is 3.82. The number of anilines is 1. The van der Waals surface area contributed by atoms with Gasteiger partial charge in [-0.15, -0.1) is 0 Å².